The van der Waals surface area contributed by atoms with Crippen LogP contribution >= 0.6 is 27.5 Å². The summed E-state index contributed by atoms with van der Waals surface area (Å²) in [7, 11) is -2.88. The fourth-order valence-corrected chi connectivity index (χ4v) is 7.03. The van der Waals surface area contributed by atoms with Gasteiger partial charge in [0.2, 0.25) is 11.8 Å². The number of nitrogens with one attached hydrogen (secondary N) is 1. The largest absolute Gasteiger partial charge is 0.495 e. The van der Waals surface area contributed by atoms with E-state index in [1.807, 2.05) is 61.5 Å². The molecule has 4 aromatic rings. The van der Waals surface area contributed by atoms with Crippen LogP contribution < -0.4 is 14.4 Å². The molecule has 2 amide bonds. The molecule has 0 aliphatic rings. The number of carbonyl (C=O) groups excluding carboxylic acids is 2. The predicted octanol–water partition coefficient (Wildman–Crippen LogP) is 6.86. The van der Waals surface area contributed by atoms with Crippen LogP contribution in [0.15, 0.2) is 112 Å². The Labute approximate surface area is 284 Å². The summed E-state index contributed by atoms with van der Waals surface area (Å²) in [6.07, 6.45) is 1.89. The lowest BCUT2D eigenvalue weighted by molar-refractivity contribution is -0.140. The molecule has 4 rings (SSSR count). The van der Waals surface area contributed by atoms with E-state index in [1.165, 1.54) is 30.2 Å². The summed E-state index contributed by atoms with van der Waals surface area (Å²) in [6.45, 7) is 1.93. The summed E-state index contributed by atoms with van der Waals surface area (Å²) in [5, 5.41) is 3.26. The standard InChI is InChI=1S/C35H37BrClN3O5S/c1-3-4-20-38-35(42)32(22-26-12-7-5-8-13-26)39(24-27-14-11-15-28(36)21-27)34(41)25-40(31-23-29(37)18-19-33(31)45-2)46(43,44)30-16-9-6-10-17-30/h5-19,21,23,32H,3-4,20,22,24-25H2,1-2H3,(H,38,42)/t32-/m1/s1. The number of hydrogen-bond donors (Lipinski definition) is 1. The molecular weight excluding hydrogens is 690 g/mol. The van der Waals surface area contributed by atoms with E-state index >= 15 is 0 Å². The number of sulfonamides is 1. The van der Waals surface area contributed by atoms with Crippen LogP contribution in [0.3, 0.4) is 0 Å². The van der Waals surface area contributed by atoms with Gasteiger partial charge in [0.15, 0.2) is 0 Å². The van der Waals surface area contributed by atoms with Gasteiger partial charge in [-0.15, -0.1) is 0 Å². The second kappa shape index (κ2) is 16.6. The number of rotatable bonds is 15. The van der Waals surface area contributed by atoms with E-state index in [2.05, 4.69) is 21.2 Å². The molecule has 1 N–H and O–H groups in total. The first-order valence-electron chi connectivity index (χ1n) is 14.9. The summed E-state index contributed by atoms with van der Waals surface area (Å²) in [5.41, 5.74) is 1.72. The number of hydrogen-bond acceptors (Lipinski definition) is 5. The molecule has 8 nitrogen and oxygen atoms in total. The lowest BCUT2D eigenvalue weighted by Crippen LogP contribution is -2.53. The molecule has 0 heterocycles. The van der Waals surface area contributed by atoms with Gasteiger partial charge in [0.25, 0.3) is 10.0 Å². The van der Waals surface area contributed by atoms with Gasteiger partial charge in [0.1, 0.15) is 18.3 Å². The topological polar surface area (TPSA) is 96.0 Å². The molecule has 11 heteroatoms. The molecule has 1 atom stereocenters. The van der Waals surface area contributed by atoms with E-state index in [4.69, 9.17) is 16.3 Å². The van der Waals surface area contributed by atoms with Crippen molar-refractivity contribution in [1.82, 2.24) is 10.2 Å². The molecule has 0 saturated heterocycles. The molecule has 4 aromatic carbocycles. The Morgan fingerprint density at radius 1 is 0.913 bits per heavy atom. The smallest absolute Gasteiger partial charge is 0.264 e. The first-order valence-corrected chi connectivity index (χ1v) is 17.5. The fourth-order valence-electron chi connectivity index (χ4n) is 4.98. The predicted molar refractivity (Wildman–Crippen MR) is 186 cm³/mol. The highest BCUT2D eigenvalue weighted by Gasteiger charge is 2.35. The summed E-state index contributed by atoms with van der Waals surface area (Å²) in [6, 6.07) is 28.4. The molecule has 46 heavy (non-hydrogen) atoms. The fraction of sp³-hybridized carbons (Fsp3) is 0.257. The highest BCUT2D eigenvalue weighted by molar-refractivity contribution is 9.10. The third-order valence-electron chi connectivity index (χ3n) is 7.36. The highest BCUT2D eigenvalue weighted by Crippen LogP contribution is 2.35. The number of halogens is 2. The number of carbonyl (C=O) groups is 2. The van der Waals surface area contributed by atoms with E-state index in [9.17, 15) is 18.0 Å². The van der Waals surface area contributed by atoms with Crippen LogP contribution in [0, 0.1) is 0 Å². The Bertz CT molecular complexity index is 1720. The van der Waals surface area contributed by atoms with Gasteiger partial charge < -0.3 is 15.0 Å². The summed E-state index contributed by atoms with van der Waals surface area (Å²) < 4.78 is 35.8. The average Bonchev–Trinajstić information content (AvgIpc) is 3.06. The quantitative estimate of drug-likeness (QED) is 0.135. The molecule has 0 aliphatic carbocycles. The first kappa shape index (κ1) is 35.0. The van der Waals surface area contributed by atoms with Crippen molar-refractivity contribution in [3.8, 4) is 5.75 Å². The maximum absolute atomic E-state index is 14.6. The van der Waals surface area contributed by atoms with Gasteiger partial charge in [-0.25, -0.2) is 8.42 Å². The van der Waals surface area contributed by atoms with Crippen LogP contribution in [0.5, 0.6) is 5.75 Å². The molecule has 0 aromatic heterocycles. The maximum Gasteiger partial charge on any atom is 0.264 e. The third kappa shape index (κ3) is 9.11. The Morgan fingerprint density at radius 2 is 1.59 bits per heavy atom. The SMILES string of the molecule is CCCCNC(=O)[C@@H](Cc1ccccc1)N(Cc1cccc(Br)c1)C(=O)CN(c1cc(Cl)ccc1OC)S(=O)(=O)c1ccccc1. The van der Waals surface area contributed by atoms with Gasteiger partial charge >= 0.3 is 0 Å². The van der Waals surface area contributed by atoms with Crippen molar-refractivity contribution >= 4 is 55.1 Å². The van der Waals surface area contributed by atoms with Crippen molar-refractivity contribution in [2.75, 3.05) is 24.5 Å². The van der Waals surface area contributed by atoms with Crippen LogP contribution in [0.2, 0.25) is 5.02 Å². The number of nitrogens with zero attached hydrogens (tertiary/aromatic N) is 2. The minimum atomic E-state index is -4.29. The Balaban J connectivity index is 1.83. The van der Waals surface area contributed by atoms with Crippen molar-refractivity contribution in [3.63, 3.8) is 0 Å². The van der Waals surface area contributed by atoms with E-state index in [0.717, 1.165) is 32.7 Å². The third-order valence-corrected chi connectivity index (χ3v) is 9.86. The van der Waals surface area contributed by atoms with Crippen molar-refractivity contribution in [2.45, 2.75) is 43.7 Å². The molecule has 0 radical (unpaired) electrons. The van der Waals surface area contributed by atoms with Gasteiger partial charge in [0.05, 0.1) is 17.7 Å². The molecule has 0 aliphatic heterocycles. The van der Waals surface area contributed by atoms with Crippen molar-refractivity contribution < 1.29 is 22.7 Å². The van der Waals surface area contributed by atoms with Crippen LogP contribution in [-0.4, -0.2) is 51.4 Å². The van der Waals surface area contributed by atoms with Gasteiger partial charge in [-0.2, -0.15) is 0 Å². The molecule has 0 bridgehead atoms. The van der Waals surface area contributed by atoms with Crippen LogP contribution in [-0.2, 0) is 32.6 Å². The minimum Gasteiger partial charge on any atom is -0.495 e. The lowest BCUT2D eigenvalue weighted by atomic mass is 10.0. The van der Waals surface area contributed by atoms with Crippen molar-refractivity contribution in [3.05, 3.63) is 124 Å². The molecular formula is C35H37BrClN3O5S. The molecule has 0 unspecified atom stereocenters. The summed E-state index contributed by atoms with van der Waals surface area (Å²) in [4.78, 5) is 29.9. The van der Waals surface area contributed by atoms with Gasteiger partial charge in [0, 0.05) is 29.0 Å². The molecule has 0 spiro atoms. The maximum atomic E-state index is 14.6. The second-order valence-electron chi connectivity index (χ2n) is 10.6. The number of anilines is 1. The zero-order valence-electron chi connectivity index (χ0n) is 25.7. The number of amides is 2. The summed E-state index contributed by atoms with van der Waals surface area (Å²) in [5.74, 6) is -0.681. The monoisotopic (exact) mass is 725 g/mol. The Morgan fingerprint density at radius 3 is 2.24 bits per heavy atom. The average molecular weight is 727 g/mol. The van der Waals surface area contributed by atoms with E-state index in [1.54, 1.807) is 30.3 Å². The molecule has 0 fully saturated rings. The number of ether oxygens (including phenoxy) is 1. The van der Waals surface area contributed by atoms with Crippen LogP contribution in [0.25, 0.3) is 0 Å². The number of unbranched alkanes of at least 4 members (excludes halogenated alkanes) is 1. The summed E-state index contributed by atoms with van der Waals surface area (Å²) >= 11 is 9.85. The minimum absolute atomic E-state index is 0.0125. The van der Waals surface area contributed by atoms with Crippen molar-refractivity contribution in [1.29, 1.82) is 0 Å². The Kier molecular flexibility index (Phi) is 12.7. The van der Waals surface area contributed by atoms with Crippen LogP contribution in [0.1, 0.15) is 30.9 Å². The van der Waals surface area contributed by atoms with Gasteiger partial charge in [-0.1, -0.05) is 102 Å². The van der Waals surface area contributed by atoms with E-state index < -0.39 is 28.5 Å². The van der Waals surface area contributed by atoms with Gasteiger partial charge in [-0.05, 0) is 60.0 Å². The normalized spacial score (nSPS) is 11.8. The first-order chi connectivity index (χ1) is 22.1. The molecule has 242 valence electrons. The van der Waals surface area contributed by atoms with Crippen molar-refractivity contribution in [2.24, 2.45) is 0 Å². The Hall–Kier alpha value is -3.86. The molecule has 0 saturated carbocycles. The zero-order valence-corrected chi connectivity index (χ0v) is 28.9. The number of methoxy groups -OCH3 is 1. The van der Waals surface area contributed by atoms with Gasteiger partial charge in [-0.3, -0.25) is 13.9 Å². The van der Waals surface area contributed by atoms with Crippen LogP contribution in [0.4, 0.5) is 5.69 Å². The van der Waals surface area contributed by atoms with E-state index in [-0.39, 0.29) is 40.2 Å². The van der Waals surface area contributed by atoms with E-state index in [0.29, 0.717) is 6.54 Å². The number of benzene rings is 4. The second-order valence-corrected chi connectivity index (χ2v) is 13.9. The lowest BCUT2D eigenvalue weighted by Gasteiger charge is -2.34. The highest BCUT2D eigenvalue weighted by atomic mass is 79.9. The zero-order chi connectivity index (χ0) is 33.1.